The molecular weight excluding hydrogens is 430 g/mol. The zero-order valence-electron chi connectivity index (χ0n) is 19.3. The maximum atomic E-state index is 13.0. The van der Waals surface area contributed by atoms with Crippen LogP contribution in [0.1, 0.15) is 51.9 Å². The van der Waals surface area contributed by atoms with Crippen molar-refractivity contribution in [1.82, 2.24) is 25.8 Å². The Labute approximate surface area is 197 Å². The van der Waals surface area contributed by atoms with Gasteiger partial charge in [0.15, 0.2) is 0 Å². The lowest BCUT2D eigenvalue weighted by molar-refractivity contribution is 0.0901. The van der Waals surface area contributed by atoms with Crippen LogP contribution < -0.4 is 15.4 Å². The van der Waals surface area contributed by atoms with Gasteiger partial charge in [-0.15, -0.1) is 0 Å². The van der Waals surface area contributed by atoms with Gasteiger partial charge in [-0.3, -0.25) is 14.7 Å². The van der Waals surface area contributed by atoms with Crippen LogP contribution in [0.25, 0.3) is 10.8 Å². The third-order valence-corrected chi connectivity index (χ3v) is 5.37. The first-order valence-electron chi connectivity index (χ1n) is 11.1. The second-order valence-corrected chi connectivity index (χ2v) is 8.29. The number of fused-ring (bicyclic) bond motifs is 1. The molecule has 2 amide bonds. The maximum Gasteiger partial charge on any atom is 0.270 e. The Morgan fingerprint density at radius 3 is 2.56 bits per heavy atom. The summed E-state index contributed by atoms with van der Waals surface area (Å²) in [5.41, 5.74) is 2.33. The third kappa shape index (κ3) is 5.23. The molecule has 4 aromatic rings. The normalized spacial score (nSPS) is 11.9. The number of rotatable bonds is 8. The van der Waals surface area contributed by atoms with Gasteiger partial charge in [0.05, 0.1) is 18.3 Å². The van der Waals surface area contributed by atoms with Crippen molar-refractivity contribution in [1.29, 1.82) is 0 Å². The summed E-state index contributed by atoms with van der Waals surface area (Å²) in [6, 6.07) is 16.8. The predicted octanol–water partition coefficient (Wildman–Crippen LogP) is 3.95. The fourth-order valence-electron chi connectivity index (χ4n) is 3.65. The minimum Gasteiger partial charge on any atom is -0.474 e. The average Bonchev–Trinajstić information content (AvgIpc) is 3.27. The van der Waals surface area contributed by atoms with Crippen LogP contribution in [0.2, 0.25) is 0 Å². The molecule has 0 saturated carbocycles. The molecule has 2 heterocycles. The number of hydrogen-bond donors (Lipinski definition) is 3. The van der Waals surface area contributed by atoms with Crippen LogP contribution in [0.15, 0.2) is 67.0 Å². The van der Waals surface area contributed by atoms with E-state index in [9.17, 15) is 9.59 Å². The van der Waals surface area contributed by atoms with Crippen LogP contribution in [-0.4, -0.2) is 39.6 Å². The lowest BCUT2D eigenvalue weighted by atomic mass is 10.0. The molecule has 0 aliphatic rings. The Morgan fingerprint density at radius 1 is 1.03 bits per heavy atom. The number of aromatic amines is 1. The molecule has 0 fully saturated rings. The summed E-state index contributed by atoms with van der Waals surface area (Å²) in [5, 5.41) is 14.8. The molecule has 3 N–H and O–H groups in total. The van der Waals surface area contributed by atoms with Crippen LogP contribution in [0.3, 0.4) is 0 Å². The summed E-state index contributed by atoms with van der Waals surface area (Å²) in [5.74, 6) is -0.358. The van der Waals surface area contributed by atoms with E-state index in [1.165, 1.54) is 0 Å². The van der Waals surface area contributed by atoms with Gasteiger partial charge in [0.25, 0.3) is 11.8 Å². The number of aryl methyl sites for hydroxylation is 1. The van der Waals surface area contributed by atoms with Gasteiger partial charge in [-0.1, -0.05) is 36.4 Å². The maximum absolute atomic E-state index is 13.0. The van der Waals surface area contributed by atoms with Gasteiger partial charge in [-0.25, -0.2) is 4.98 Å². The Bertz CT molecular complexity index is 1310. The fraction of sp³-hybridized carbons (Fsp3) is 0.231. The van der Waals surface area contributed by atoms with Gasteiger partial charge in [0, 0.05) is 12.7 Å². The number of ether oxygens (including phenoxy) is 1. The number of hydrogen-bond acceptors (Lipinski definition) is 5. The second-order valence-electron chi connectivity index (χ2n) is 8.29. The van der Waals surface area contributed by atoms with E-state index in [0.29, 0.717) is 11.3 Å². The molecule has 4 rings (SSSR count). The lowest BCUT2D eigenvalue weighted by Gasteiger charge is -2.21. The monoisotopic (exact) mass is 457 g/mol. The molecular formula is C26H27N5O3. The fourth-order valence-corrected chi connectivity index (χ4v) is 3.65. The number of pyridine rings is 1. The molecule has 1 atom stereocenters. The summed E-state index contributed by atoms with van der Waals surface area (Å²) in [6.07, 6.45) is 3.06. The zero-order valence-corrected chi connectivity index (χ0v) is 19.3. The molecule has 8 nitrogen and oxygen atoms in total. The van der Waals surface area contributed by atoms with Crippen LogP contribution in [0, 0.1) is 6.92 Å². The minimum absolute atomic E-state index is 0.122. The molecule has 0 radical (unpaired) electrons. The molecule has 1 unspecified atom stereocenters. The van der Waals surface area contributed by atoms with E-state index in [1.54, 1.807) is 24.5 Å². The van der Waals surface area contributed by atoms with E-state index < -0.39 is 6.04 Å². The van der Waals surface area contributed by atoms with Crippen LogP contribution >= 0.6 is 0 Å². The van der Waals surface area contributed by atoms with Crippen molar-refractivity contribution < 1.29 is 14.3 Å². The Kier molecular flexibility index (Phi) is 6.87. The lowest BCUT2D eigenvalue weighted by Crippen LogP contribution is -2.38. The highest BCUT2D eigenvalue weighted by atomic mass is 16.5. The van der Waals surface area contributed by atoms with Crippen molar-refractivity contribution in [2.75, 3.05) is 6.54 Å². The number of amides is 2. The van der Waals surface area contributed by atoms with Crippen molar-refractivity contribution in [3.63, 3.8) is 0 Å². The summed E-state index contributed by atoms with van der Waals surface area (Å²) in [7, 11) is 0. The molecule has 0 aliphatic heterocycles. The Morgan fingerprint density at radius 2 is 1.82 bits per heavy atom. The van der Waals surface area contributed by atoms with Crippen molar-refractivity contribution in [2.45, 2.75) is 32.9 Å². The molecule has 0 aliphatic carbocycles. The number of carbonyl (C=O) groups is 2. The van der Waals surface area contributed by atoms with E-state index in [4.69, 9.17) is 4.74 Å². The van der Waals surface area contributed by atoms with Crippen molar-refractivity contribution in [3.8, 4) is 5.88 Å². The van der Waals surface area contributed by atoms with E-state index in [2.05, 4.69) is 25.8 Å². The van der Waals surface area contributed by atoms with Crippen LogP contribution in [0.4, 0.5) is 0 Å². The number of aromatic nitrogens is 3. The van der Waals surface area contributed by atoms with Gasteiger partial charge in [-0.2, -0.15) is 5.10 Å². The highest BCUT2D eigenvalue weighted by Gasteiger charge is 2.21. The summed E-state index contributed by atoms with van der Waals surface area (Å²) < 4.78 is 5.68. The smallest absolute Gasteiger partial charge is 0.270 e. The summed E-state index contributed by atoms with van der Waals surface area (Å²) >= 11 is 0. The third-order valence-electron chi connectivity index (χ3n) is 5.37. The average molecular weight is 458 g/mol. The Balaban J connectivity index is 1.58. The summed E-state index contributed by atoms with van der Waals surface area (Å²) in [6.45, 7) is 5.73. The van der Waals surface area contributed by atoms with Crippen LogP contribution in [0.5, 0.6) is 5.88 Å². The predicted molar refractivity (Wildman–Crippen MR) is 130 cm³/mol. The molecule has 34 heavy (non-hydrogen) atoms. The van der Waals surface area contributed by atoms with Crippen molar-refractivity contribution >= 4 is 22.6 Å². The standard InChI is InChI=1S/C26H27N5O3/c1-16(2)34-26-21(9-6-12-27-26)24(32)28-15-22(30-25(33)23-17(3)14-29-31-23)20-11-10-18-7-4-5-8-19(18)13-20/h4-14,16,22H,15H2,1-3H3,(H,28,32)(H,29,31)(H,30,33). The van der Waals surface area contributed by atoms with Crippen molar-refractivity contribution in [2.24, 2.45) is 0 Å². The molecule has 0 bridgehead atoms. The van der Waals surface area contributed by atoms with Gasteiger partial charge in [-0.05, 0) is 60.9 Å². The molecule has 0 spiro atoms. The number of nitrogens with one attached hydrogen (secondary N) is 3. The topological polar surface area (TPSA) is 109 Å². The quantitative estimate of drug-likeness (QED) is 0.371. The second kappa shape index (κ2) is 10.2. The zero-order chi connectivity index (χ0) is 24.1. The first kappa shape index (κ1) is 23.0. The largest absolute Gasteiger partial charge is 0.474 e. The first-order valence-corrected chi connectivity index (χ1v) is 11.1. The Hall–Kier alpha value is -4.20. The molecule has 0 saturated heterocycles. The highest BCUT2D eigenvalue weighted by molar-refractivity contribution is 5.96. The number of H-pyrrole nitrogens is 1. The minimum atomic E-state index is -0.477. The van der Waals surface area contributed by atoms with E-state index >= 15 is 0 Å². The molecule has 174 valence electrons. The molecule has 8 heteroatoms. The van der Waals surface area contributed by atoms with Crippen molar-refractivity contribution in [3.05, 3.63) is 89.4 Å². The SMILES string of the molecule is Cc1cn[nH]c1C(=O)NC(CNC(=O)c1cccnc1OC(C)C)c1ccc2ccccc2c1. The number of carbonyl (C=O) groups excluding carboxylic acids is 2. The molecule has 2 aromatic heterocycles. The van der Waals surface area contributed by atoms with E-state index in [0.717, 1.165) is 21.9 Å². The van der Waals surface area contributed by atoms with Gasteiger partial charge in [0.2, 0.25) is 5.88 Å². The summed E-state index contributed by atoms with van der Waals surface area (Å²) in [4.78, 5) is 30.1. The molecule has 2 aromatic carbocycles. The first-order chi connectivity index (χ1) is 16.4. The van der Waals surface area contributed by atoms with E-state index in [1.807, 2.05) is 63.2 Å². The van der Waals surface area contributed by atoms with Crippen LogP contribution in [-0.2, 0) is 0 Å². The van der Waals surface area contributed by atoms with Gasteiger partial charge in [0.1, 0.15) is 11.3 Å². The van der Waals surface area contributed by atoms with Gasteiger partial charge < -0.3 is 15.4 Å². The number of benzene rings is 2. The van der Waals surface area contributed by atoms with E-state index in [-0.39, 0.29) is 30.3 Å². The highest BCUT2D eigenvalue weighted by Crippen LogP contribution is 2.22. The number of nitrogens with zero attached hydrogens (tertiary/aromatic N) is 2. The van der Waals surface area contributed by atoms with Gasteiger partial charge >= 0.3 is 0 Å².